The van der Waals surface area contributed by atoms with E-state index in [1.54, 1.807) is 11.9 Å². The van der Waals surface area contributed by atoms with Crippen molar-refractivity contribution in [1.82, 2.24) is 5.32 Å². The molecule has 0 spiro atoms. The first-order valence-corrected chi connectivity index (χ1v) is 10.9. The fraction of sp³-hybridized carbons (Fsp3) is 0.545. The second-order valence-corrected chi connectivity index (χ2v) is 7.37. The van der Waals surface area contributed by atoms with Gasteiger partial charge < -0.3 is 19.9 Å². The van der Waals surface area contributed by atoms with Crippen molar-refractivity contribution in [3.63, 3.8) is 0 Å². The van der Waals surface area contributed by atoms with Crippen molar-refractivity contribution < 1.29 is 19.4 Å². The molecule has 6 nitrogen and oxygen atoms in total. The van der Waals surface area contributed by atoms with E-state index in [1.807, 2.05) is 58.0 Å². The van der Waals surface area contributed by atoms with Gasteiger partial charge in [0.15, 0.2) is 0 Å². The Bertz CT molecular complexity index is 630. The number of benzene rings is 1. The molecule has 164 valence electrons. The van der Waals surface area contributed by atoms with Crippen molar-refractivity contribution in [3.05, 3.63) is 41.5 Å². The van der Waals surface area contributed by atoms with Gasteiger partial charge in [-0.05, 0) is 62.8 Å². The molecule has 1 amide bonds. The lowest BCUT2D eigenvalue weighted by molar-refractivity contribution is -0.142. The molecule has 1 aliphatic rings. The van der Waals surface area contributed by atoms with Crippen molar-refractivity contribution in [1.29, 1.82) is 0 Å². The maximum Gasteiger partial charge on any atom is 0.335 e. The number of hydrogen-bond acceptors (Lipinski definition) is 6. The molecule has 3 N–H and O–H groups in total. The van der Waals surface area contributed by atoms with Gasteiger partial charge in [-0.2, -0.15) is 0 Å². The topological polar surface area (TPSA) is 87.7 Å². The van der Waals surface area contributed by atoms with E-state index >= 15 is 0 Å². The van der Waals surface area contributed by atoms with Gasteiger partial charge in [-0.25, -0.2) is 4.79 Å². The Balaban J connectivity index is 0.00000184. The van der Waals surface area contributed by atoms with Gasteiger partial charge >= 0.3 is 5.97 Å². The van der Waals surface area contributed by atoms with Crippen LogP contribution in [0.15, 0.2) is 35.9 Å². The van der Waals surface area contributed by atoms with E-state index in [-0.39, 0.29) is 23.2 Å². The van der Waals surface area contributed by atoms with Gasteiger partial charge in [0, 0.05) is 31.8 Å². The maximum absolute atomic E-state index is 12.2. The first kappa shape index (κ1) is 27.0. The molecule has 2 rings (SSSR count). The first-order chi connectivity index (χ1) is 14.0. The predicted molar refractivity (Wildman–Crippen MR) is 122 cm³/mol. The highest BCUT2D eigenvalue weighted by Gasteiger charge is 2.26. The molecule has 0 aliphatic heterocycles. The SMILES string of the molecule is CC.CC(=O)NCc1ccc(NSC2CCCC=C2C(=O)OC(C)C)cc1.CO. The van der Waals surface area contributed by atoms with E-state index in [1.165, 1.54) is 6.92 Å². The Labute approximate surface area is 179 Å². The number of amides is 1. The molecule has 0 aromatic heterocycles. The number of hydrogen-bond donors (Lipinski definition) is 3. The van der Waals surface area contributed by atoms with Crippen LogP contribution in [-0.4, -0.2) is 35.4 Å². The minimum atomic E-state index is -0.209. The number of carbonyl (C=O) groups excluding carboxylic acids is 2. The molecule has 1 atom stereocenters. The quantitative estimate of drug-likeness (QED) is 0.443. The van der Waals surface area contributed by atoms with E-state index in [0.29, 0.717) is 6.54 Å². The molecular formula is C22H36N2O4S. The van der Waals surface area contributed by atoms with Crippen LogP contribution in [0.2, 0.25) is 0 Å². The third-order valence-corrected chi connectivity index (χ3v) is 4.90. The molecule has 1 aromatic carbocycles. The smallest absolute Gasteiger partial charge is 0.335 e. The van der Waals surface area contributed by atoms with Crippen LogP contribution in [0.1, 0.15) is 59.4 Å². The van der Waals surface area contributed by atoms with Gasteiger partial charge in [0.1, 0.15) is 0 Å². The average molecular weight is 425 g/mol. The molecule has 0 radical (unpaired) electrons. The third-order valence-electron chi connectivity index (χ3n) is 3.77. The summed E-state index contributed by atoms with van der Waals surface area (Å²) in [6, 6.07) is 7.90. The van der Waals surface area contributed by atoms with Crippen molar-refractivity contribution in [2.75, 3.05) is 11.8 Å². The van der Waals surface area contributed by atoms with Crippen molar-refractivity contribution in [2.24, 2.45) is 0 Å². The summed E-state index contributed by atoms with van der Waals surface area (Å²) >= 11 is 1.55. The highest BCUT2D eigenvalue weighted by molar-refractivity contribution is 8.01. The molecule has 7 heteroatoms. The van der Waals surface area contributed by atoms with E-state index in [9.17, 15) is 9.59 Å². The van der Waals surface area contributed by atoms with Gasteiger partial charge in [0.25, 0.3) is 0 Å². The molecule has 0 fully saturated rings. The number of aliphatic hydroxyl groups is 1. The minimum Gasteiger partial charge on any atom is -0.460 e. The molecule has 0 saturated carbocycles. The van der Waals surface area contributed by atoms with Gasteiger partial charge in [-0.3, -0.25) is 4.79 Å². The van der Waals surface area contributed by atoms with Crippen molar-refractivity contribution in [3.8, 4) is 0 Å². The summed E-state index contributed by atoms with van der Waals surface area (Å²) in [4.78, 5) is 23.2. The Morgan fingerprint density at radius 2 is 1.83 bits per heavy atom. The second-order valence-electron chi connectivity index (χ2n) is 6.36. The molecule has 0 saturated heterocycles. The number of carbonyl (C=O) groups is 2. The van der Waals surface area contributed by atoms with Crippen LogP contribution >= 0.6 is 11.9 Å². The molecular weight excluding hydrogens is 388 g/mol. The number of nitrogens with one attached hydrogen (secondary N) is 2. The Kier molecular flexibility index (Phi) is 14.8. The minimum absolute atomic E-state index is 0.0392. The van der Waals surface area contributed by atoms with Crippen LogP contribution in [0.3, 0.4) is 0 Å². The number of ether oxygens (including phenoxy) is 1. The summed E-state index contributed by atoms with van der Waals surface area (Å²) in [5, 5.41) is 9.87. The zero-order valence-electron chi connectivity index (χ0n) is 18.5. The number of allylic oxidation sites excluding steroid dienone is 1. The highest BCUT2D eigenvalue weighted by atomic mass is 32.2. The van der Waals surface area contributed by atoms with E-state index in [0.717, 1.165) is 43.2 Å². The summed E-state index contributed by atoms with van der Waals surface area (Å²) in [5.41, 5.74) is 2.78. The summed E-state index contributed by atoms with van der Waals surface area (Å²) in [6.45, 7) is 9.76. The average Bonchev–Trinajstić information content (AvgIpc) is 2.74. The zero-order chi connectivity index (χ0) is 22.2. The summed E-state index contributed by atoms with van der Waals surface area (Å²) in [5.74, 6) is -0.248. The van der Waals surface area contributed by atoms with E-state index in [4.69, 9.17) is 9.84 Å². The van der Waals surface area contributed by atoms with Crippen LogP contribution in [0.4, 0.5) is 5.69 Å². The van der Waals surface area contributed by atoms with Crippen molar-refractivity contribution >= 4 is 29.5 Å². The predicted octanol–water partition coefficient (Wildman–Crippen LogP) is 4.45. The van der Waals surface area contributed by atoms with Gasteiger partial charge in [0.05, 0.1) is 11.4 Å². The largest absolute Gasteiger partial charge is 0.460 e. The lowest BCUT2D eigenvalue weighted by Crippen LogP contribution is -2.23. The third kappa shape index (κ3) is 10.9. The van der Waals surface area contributed by atoms with Crippen LogP contribution in [-0.2, 0) is 20.9 Å². The standard InChI is InChI=1S/C19H26N2O3S.C2H6.CH4O/c1-13(2)24-19(23)17-6-4-5-7-18(17)25-21-16-10-8-15(9-11-16)12-20-14(3)22;2*1-2/h6,8-11,13,18,21H,4-5,7,12H2,1-3H3,(H,20,22);1-2H3;2H,1H3. The van der Waals surface area contributed by atoms with E-state index in [2.05, 4.69) is 10.0 Å². The summed E-state index contributed by atoms with van der Waals surface area (Å²) in [7, 11) is 1.00. The van der Waals surface area contributed by atoms with Gasteiger partial charge in [-0.15, -0.1) is 0 Å². The summed E-state index contributed by atoms with van der Waals surface area (Å²) in [6.07, 6.45) is 4.86. The zero-order valence-corrected chi connectivity index (χ0v) is 19.3. The Hall–Kier alpha value is -1.99. The van der Waals surface area contributed by atoms with Gasteiger partial charge in [-0.1, -0.05) is 32.1 Å². The fourth-order valence-corrected chi connectivity index (χ4v) is 3.54. The molecule has 1 aromatic rings. The fourth-order valence-electron chi connectivity index (χ4n) is 2.52. The Morgan fingerprint density at radius 3 is 2.38 bits per heavy atom. The monoisotopic (exact) mass is 424 g/mol. The van der Waals surface area contributed by atoms with Crippen LogP contribution in [0, 0.1) is 0 Å². The van der Waals surface area contributed by atoms with E-state index < -0.39 is 0 Å². The molecule has 0 heterocycles. The molecule has 1 aliphatic carbocycles. The summed E-state index contributed by atoms with van der Waals surface area (Å²) < 4.78 is 8.68. The number of rotatable bonds is 7. The Morgan fingerprint density at radius 1 is 1.21 bits per heavy atom. The van der Waals surface area contributed by atoms with Crippen LogP contribution < -0.4 is 10.0 Å². The molecule has 1 unspecified atom stereocenters. The molecule has 0 bridgehead atoms. The highest BCUT2D eigenvalue weighted by Crippen LogP contribution is 2.31. The lowest BCUT2D eigenvalue weighted by atomic mass is 9.99. The van der Waals surface area contributed by atoms with Crippen LogP contribution in [0.5, 0.6) is 0 Å². The maximum atomic E-state index is 12.2. The van der Waals surface area contributed by atoms with Gasteiger partial charge in [0.2, 0.25) is 5.91 Å². The number of anilines is 1. The van der Waals surface area contributed by atoms with Crippen LogP contribution in [0.25, 0.3) is 0 Å². The normalized spacial score (nSPS) is 15.0. The molecule has 29 heavy (non-hydrogen) atoms. The van der Waals surface area contributed by atoms with Crippen molar-refractivity contribution in [2.45, 2.75) is 71.8 Å². The first-order valence-electron chi connectivity index (χ1n) is 10.1. The lowest BCUT2D eigenvalue weighted by Gasteiger charge is -2.23. The number of aliphatic hydroxyl groups excluding tert-OH is 1. The second kappa shape index (κ2) is 15.9. The number of esters is 1.